The maximum Gasteiger partial charge on any atom is 0.159 e. The first kappa shape index (κ1) is 43.5. The second-order valence-corrected chi connectivity index (χ2v) is 22.5. The first-order valence-electron chi connectivity index (χ1n) is 26.7. The van der Waals surface area contributed by atoms with Gasteiger partial charge in [-0.1, -0.05) is 183 Å². The minimum atomic E-state index is -0.214. The summed E-state index contributed by atoms with van der Waals surface area (Å²) in [5.74, 6) is 4.28. The predicted molar refractivity (Wildman–Crippen MR) is 289 cm³/mol. The normalized spacial score (nSPS) is 30.9. The van der Waals surface area contributed by atoms with Gasteiger partial charge < -0.3 is 4.90 Å². The monoisotopic (exact) mass is 923 g/mol. The Morgan fingerprint density at radius 2 is 1.62 bits per heavy atom. The van der Waals surface area contributed by atoms with Crippen LogP contribution in [0.2, 0.25) is 0 Å². The van der Waals surface area contributed by atoms with Gasteiger partial charge in [0.2, 0.25) is 0 Å². The molecule has 4 nitrogen and oxygen atoms in total. The third-order valence-corrected chi connectivity index (χ3v) is 18.7. The van der Waals surface area contributed by atoms with Crippen molar-refractivity contribution in [3.8, 4) is 0 Å². The molecule has 0 bridgehead atoms. The number of fused-ring (bicyclic) bond motifs is 6. The summed E-state index contributed by atoms with van der Waals surface area (Å²) in [6.07, 6.45) is 49.7. The molecule has 0 aromatic heterocycles. The highest BCUT2D eigenvalue weighted by Gasteiger charge is 2.53. The summed E-state index contributed by atoms with van der Waals surface area (Å²) in [4.78, 5) is 19.7. The lowest BCUT2D eigenvalue weighted by Crippen LogP contribution is -2.46. The molecule has 2 saturated heterocycles. The van der Waals surface area contributed by atoms with Gasteiger partial charge in [0.15, 0.2) is 5.84 Å². The fraction of sp³-hybridized carbons (Fsp3) is 0.375. The Morgan fingerprint density at radius 1 is 0.754 bits per heavy atom. The van der Waals surface area contributed by atoms with Crippen LogP contribution in [0.25, 0.3) is 5.57 Å². The fourth-order valence-electron chi connectivity index (χ4n) is 14.1. The van der Waals surface area contributed by atoms with Gasteiger partial charge in [0.25, 0.3) is 0 Å². The van der Waals surface area contributed by atoms with Crippen LogP contribution in [0.4, 0.5) is 0 Å². The maximum absolute atomic E-state index is 5.66. The van der Waals surface area contributed by atoms with Crippen LogP contribution in [0.5, 0.6) is 0 Å². The highest BCUT2D eigenvalue weighted by atomic mass is 32.2. The van der Waals surface area contributed by atoms with Crippen molar-refractivity contribution < 1.29 is 0 Å². The molecule has 7 aliphatic carbocycles. The molecule has 13 rings (SSSR count). The van der Waals surface area contributed by atoms with Crippen LogP contribution in [0, 0.1) is 23.7 Å². The van der Waals surface area contributed by atoms with Crippen molar-refractivity contribution in [3.63, 3.8) is 0 Å². The first-order chi connectivity index (χ1) is 34.1. The smallest absolute Gasteiger partial charge is 0.159 e. The van der Waals surface area contributed by atoms with E-state index in [1.165, 1.54) is 95.3 Å². The number of allylic oxidation sites excluding steroid dienone is 17. The van der Waals surface area contributed by atoms with Crippen molar-refractivity contribution in [2.45, 2.75) is 120 Å². The average Bonchev–Trinajstić information content (AvgIpc) is 3.95. The molecule has 8 unspecified atom stereocenters. The Labute approximate surface area is 415 Å². The molecule has 3 heterocycles. The standard InChI is InChI=1S/C64H66N4S/c1-67-63(44-23-11-4-12-24-44)65-62(66-64(67)45-25-13-5-14-26-45)57-38-46(50-36-48(42-19-7-2-8-20-42)35-49(37-50)43-21-9-3-10-22-43)31-33-52(57)47-32-34-54-56-40-55-53-29-17-18-30-58(53)68(51-27-15-6-16-28-51)59(55)41-61(56)69-60(54)39-47/h2,4-5,7,9,11-14,17,19,21-26,29,31,33-34,36-39,41,47,49,51,53,55-56,58-59,63H,3,6,8,10,15-16,18,20,27-28,30,32,35,40H2,1H3. The highest BCUT2D eigenvalue weighted by Crippen LogP contribution is 2.60. The van der Waals surface area contributed by atoms with Crippen LogP contribution in [0.1, 0.15) is 130 Å². The van der Waals surface area contributed by atoms with Crippen LogP contribution in [0.15, 0.2) is 200 Å². The van der Waals surface area contributed by atoms with Gasteiger partial charge in [-0.2, -0.15) is 0 Å². The molecule has 0 N–H and O–H groups in total. The molecule has 3 aliphatic heterocycles. The van der Waals surface area contributed by atoms with Crippen molar-refractivity contribution in [2.24, 2.45) is 33.7 Å². The summed E-state index contributed by atoms with van der Waals surface area (Å²) >= 11 is 2.11. The Balaban J connectivity index is 0.913. The summed E-state index contributed by atoms with van der Waals surface area (Å²) < 4.78 is 0. The van der Waals surface area contributed by atoms with Gasteiger partial charge in [0.1, 0.15) is 12.0 Å². The molecule has 69 heavy (non-hydrogen) atoms. The summed E-state index contributed by atoms with van der Waals surface area (Å²) in [7, 11) is 2.15. The van der Waals surface area contributed by atoms with E-state index in [0.717, 1.165) is 79.3 Å². The highest BCUT2D eigenvalue weighted by molar-refractivity contribution is 8.07. The van der Waals surface area contributed by atoms with Gasteiger partial charge in [-0.05, 0) is 138 Å². The van der Waals surface area contributed by atoms with Crippen LogP contribution in [-0.4, -0.2) is 46.6 Å². The summed E-state index contributed by atoms with van der Waals surface area (Å²) in [6, 6.07) is 30.9. The molecule has 10 aliphatic rings. The van der Waals surface area contributed by atoms with Crippen LogP contribution >= 0.6 is 11.8 Å². The number of nitrogens with zero attached hydrogens (tertiary/aromatic N) is 4. The lowest BCUT2D eigenvalue weighted by Gasteiger charge is -2.41. The van der Waals surface area contributed by atoms with Gasteiger partial charge in [0, 0.05) is 59.0 Å². The molecule has 0 spiro atoms. The van der Waals surface area contributed by atoms with E-state index in [4.69, 9.17) is 9.98 Å². The lowest BCUT2D eigenvalue weighted by molar-refractivity contribution is 0.0987. The fourth-order valence-corrected chi connectivity index (χ4v) is 15.5. The molecule has 8 atom stereocenters. The molecule has 3 aromatic carbocycles. The van der Waals surface area contributed by atoms with Crippen molar-refractivity contribution in [2.75, 3.05) is 7.05 Å². The Hall–Kier alpha value is -5.49. The van der Waals surface area contributed by atoms with Gasteiger partial charge in [-0.25, -0.2) is 9.98 Å². The van der Waals surface area contributed by atoms with E-state index in [1.54, 1.807) is 10.5 Å². The third-order valence-electron chi connectivity index (χ3n) is 17.4. The van der Waals surface area contributed by atoms with E-state index >= 15 is 0 Å². The number of thioether (sulfide) groups is 1. The number of hydrogen-bond donors (Lipinski definition) is 0. The second kappa shape index (κ2) is 18.7. The zero-order valence-electron chi connectivity index (χ0n) is 40.3. The molecular formula is C64H66N4S. The Bertz CT molecular complexity index is 2890. The van der Waals surface area contributed by atoms with Gasteiger partial charge in [0.05, 0.1) is 0 Å². The van der Waals surface area contributed by atoms with Crippen molar-refractivity contribution >= 4 is 29.0 Å². The van der Waals surface area contributed by atoms with Crippen molar-refractivity contribution in [3.05, 3.63) is 218 Å². The van der Waals surface area contributed by atoms with Gasteiger partial charge in [-0.3, -0.25) is 4.90 Å². The number of likely N-dealkylation sites (tertiary alicyclic amines) is 1. The van der Waals surface area contributed by atoms with Crippen molar-refractivity contribution in [1.82, 2.24) is 9.80 Å². The summed E-state index contributed by atoms with van der Waals surface area (Å²) in [5.41, 5.74) is 13.3. The van der Waals surface area contributed by atoms with E-state index in [0.29, 0.717) is 23.8 Å². The van der Waals surface area contributed by atoms with Gasteiger partial charge >= 0.3 is 0 Å². The Morgan fingerprint density at radius 3 is 2.45 bits per heavy atom. The predicted octanol–water partition coefficient (Wildman–Crippen LogP) is 15.3. The number of hydrogen-bond acceptors (Lipinski definition) is 5. The number of rotatable bonds is 8. The van der Waals surface area contributed by atoms with E-state index in [2.05, 4.69) is 186 Å². The molecule has 0 radical (unpaired) electrons. The molecule has 0 amide bonds. The lowest BCUT2D eigenvalue weighted by atomic mass is 9.72. The topological polar surface area (TPSA) is 31.2 Å². The third kappa shape index (κ3) is 8.16. The quantitative estimate of drug-likeness (QED) is 0.211. The van der Waals surface area contributed by atoms with Crippen LogP contribution < -0.4 is 0 Å². The van der Waals surface area contributed by atoms with Crippen LogP contribution in [0.3, 0.4) is 0 Å². The zero-order chi connectivity index (χ0) is 45.8. The summed E-state index contributed by atoms with van der Waals surface area (Å²) in [6.45, 7) is 0. The van der Waals surface area contributed by atoms with E-state index in [9.17, 15) is 0 Å². The van der Waals surface area contributed by atoms with Gasteiger partial charge in [-0.15, -0.1) is 0 Å². The average molecular weight is 923 g/mol. The zero-order valence-corrected chi connectivity index (χ0v) is 41.1. The van der Waals surface area contributed by atoms with Crippen LogP contribution in [-0.2, 0) is 0 Å². The van der Waals surface area contributed by atoms with Crippen molar-refractivity contribution in [1.29, 1.82) is 0 Å². The minimum absolute atomic E-state index is 0.214. The maximum atomic E-state index is 5.66. The first-order valence-corrected chi connectivity index (χ1v) is 27.5. The number of aliphatic imine (C=N–C) groups is 2. The number of benzene rings is 3. The molecule has 1 saturated carbocycles. The second-order valence-electron chi connectivity index (χ2n) is 21.4. The molecular weight excluding hydrogens is 857 g/mol. The van der Waals surface area contributed by atoms with E-state index in [1.807, 2.05) is 0 Å². The Kier molecular flexibility index (Phi) is 11.8. The largest absolute Gasteiger partial charge is 0.333 e. The van der Waals surface area contributed by atoms with E-state index < -0.39 is 0 Å². The molecule has 5 heteroatoms. The SMILES string of the molecule is CN1C(c2ccccc2)=NC(c2cc(C3=CC(C4=CCCC=C4)CC(C4=CC=CCC4)=C3)ccc2C2C=C3SC4=CC5C(CC4C3=CC2)C2C=CCCC2N5C2CCCCC2)=NC1c1ccccc1. The summed E-state index contributed by atoms with van der Waals surface area (Å²) in [5, 5.41) is 0. The van der Waals surface area contributed by atoms with E-state index in [-0.39, 0.29) is 12.1 Å². The molecule has 3 fully saturated rings. The minimum Gasteiger partial charge on any atom is -0.333 e. The molecule has 348 valence electrons. The number of amidine groups is 2. The molecule has 3 aromatic rings.